The second-order valence-electron chi connectivity index (χ2n) is 4.93. The molecule has 0 aromatic carbocycles. The lowest BCUT2D eigenvalue weighted by Crippen LogP contribution is -2.39. The summed E-state index contributed by atoms with van der Waals surface area (Å²) < 4.78 is 5.54. The minimum atomic E-state index is -1.07. The summed E-state index contributed by atoms with van der Waals surface area (Å²) in [5, 5.41) is 9.00. The predicted octanol–water partition coefficient (Wildman–Crippen LogP) is 2.28. The van der Waals surface area contributed by atoms with E-state index < -0.39 is 5.97 Å². The van der Waals surface area contributed by atoms with Crippen LogP contribution in [0, 0.1) is 0 Å². The summed E-state index contributed by atoms with van der Waals surface area (Å²) in [6, 6.07) is 4.16. The minimum absolute atomic E-state index is 0.0388. The number of ether oxygens (including phenoxy) is 1. The van der Waals surface area contributed by atoms with Crippen LogP contribution in [0.15, 0.2) is 18.3 Å². The molecule has 0 saturated heterocycles. The summed E-state index contributed by atoms with van der Waals surface area (Å²) in [5.41, 5.74) is -0.0388. The van der Waals surface area contributed by atoms with Crippen molar-refractivity contribution < 1.29 is 14.6 Å². The van der Waals surface area contributed by atoms with Gasteiger partial charge in [0.2, 0.25) is 0 Å². The highest BCUT2D eigenvalue weighted by atomic mass is 16.5. The molecule has 0 aliphatic carbocycles. The Morgan fingerprint density at radius 2 is 2.00 bits per heavy atom. The van der Waals surface area contributed by atoms with Gasteiger partial charge >= 0.3 is 5.97 Å². The number of carboxylic acids is 1. The molecule has 1 aromatic heterocycles. The van der Waals surface area contributed by atoms with Gasteiger partial charge in [-0.3, -0.25) is 4.90 Å². The van der Waals surface area contributed by atoms with Crippen molar-refractivity contribution in [2.24, 2.45) is 0 Å². The fourth-order valence-electron chi connectivity index (χ4n) is 2.04. The molecule has 0 aliphatic rings. The van der Waals surface area contributed by atoms with Crippen molar-refractivity contribution >= 4 is 5.97 Å². The molecular weight excluding hydrogens is 244 g/mol. The number of aromatic carboxylic acids is 1. The van der Waals surface area contributed by atoms with E-state index in [1.54, 1.807) is 12.1 Å². The molecule has 1 N–H and O–H groups in total. The smallest absolute Gasteiger partial charge is 0.358 e. The monoisotopic (exact) mass is 266 g/mol. The fourth-order valence-corrected chi connectivity index (χ4v) is 2.04. The highest BCUT2D eigenvalue weighted by molar-refractivity contribution is 5.88. The van der Waals surface area contributed by atoms with Crippen LogP contribution in [0.2, 0.25) is 0 Å². The van der Waals surface area contributed by atoms with Crippen molar-refractivity contribution in [1.29, 1.82) is 0 Å². The number of nitrogens with zero attached hydrogens (tertiary/aromatic N) is 2. The molecule has 5 heteroatoms. The van der Waals surface area contributed by atoms with Gasteiger partial charge in [0.1, 0.15) is 6.61 Å². The molecule has 1 aromatic rings. The van der Waals surface area contributed by atoms with E-state index in [2.05, 4.69) is 37.6 Å². The van der Waals surface area contributed by atoms with E-state index in [-0.39, 0.29) is 5.69 Å². The van der Waals surface area contributed by atoms with E-state index in [1.807, 2.05) is 0 Å². The second-order valence-corrected chi connectivity index (χ2v) is 4.93. The predicted molar refractivity (Wildman–Crippen MR) is 73.7 cm³/mol. The average Bonchev–Trinajstić information content (AvgIpc) is 2.33. The van der Waals surface area contributed by atoms with Crippen molar-refractivity contribution in [3.63, 3.8) is 0 Å². The van der Waals surface area contributed by atoms with Gasteiger partial charge in [0.05, 0.1) is 0 Å². The lowest BCUT2D eigenvalue weighted by molar-refractivity contribution is 0.0683. The average molecular weight is 266 g/mol. The van der Waals surface area contributed by atoms with Gasteiger partial charge in [-0.1, -0.05) is 0 Å². The van der Waals surface area contributed by atoms with E-state index >= 15 is 0 Å². The highest BCUT2D eigenvalue weighted by Gasteiger charge is 2.15. The van der Waals surface area contributed by atoms with Gasteiger partial charge in [-0.05, 0) is 39.8 Å². The van der Waals surface area contributed by atoms with Crippen LogP contribution in [0.5, 0.6) is 5.75 Å². The van der Waals surface area contributed by atoms with Gasteiger partial charge in [-0.25, -0.2) is 9.78 Å². The number of hydrogen-bond donors (Lipinski definition) is 1. The Balaban J connectivity index is 2.60. The van der Waals surface area contributed by atoms with Crippen LogP contribution in [0.1, 0.15) is 38.2 Å². The van der Waals surface area contributed by atoms with Gasteiger partial charge in [0.15, 0.2) is 11.4 Å². The Morgan fingerprint density at radius 3 is 2.53 bits per heavy atom. The summed E-state index contributed by atoms with van der Waals surface area (Å²) in [6.45, 7) is 9.73. The summed E-state index contributed by atoms with van der Waals surface area (Å²) >= 11 is 0. The minimum Gasteiger partial charge on any atom is -0.490 e. The molecule has 0 aliphatic heterocycles. The summed E-state index contributed by atoms with van der Waals surface area (Å²) in [5.74, 6) is -0.748. The van der Waals surface area contributed by atoms with Crippen LogP contribution in [0.4, 0.5) is 0 Å². The molecule has 0 unspecified atom stereocenters. The summed E-state index contributed by atoms with van der Waals surface area (Å²) in [6.07, 6.45) is 1.45. The number of hydrogen-bond acceptors (Lipinski definition) is 4. The van der Waals surface area contributed by atoms with Gasteiger partial charge in [-0.15, -0.1) is 0 Å². The molecule has 19 heavy (non-hydrogen) atoms. The number of carboxylic acid groups (broad SMARTS) is 1. The van der Waals surface area contributed by atoms with E-state index in [4.69, 9.17) is 9.84 Å². The maximum absolute atomic E-state index is 11.0. The largest absolute Gasteiger partial charge is 0.490 e. The summed E-state index contributed by atoms with van der Waals surface area (Å²) in [4.78, 5) is 17.1. The molecule has 0 amide bonds. The van der Waals surface area contributed by atoms with Crippen molar-refractivity contribution in [2.75, 3.05) is 13.2 Å². The quantitative estimate of drug-likeness (QED) is 0.820. The first-order valence-electron chi connectivity index (χ1n) is 6.50. The fraction of sp³-hybridized carbons (Fsp3) is 0.571. The van der Waals surface area contributed by atoms with Crippen LogP contribution in [0.3, 0.4) is 0 Å². The molecule has 106 valence electrons. The molecule has 1 rings (SSSR count). The Kier molecular flexibility index (Phi) is 5.76. The Bertz CT molecular complexity index is 411. The maximum atomic E-state index is 11.0. The normalized spacial score (nSPS) is 11.3. The molecular formula is C14H22N2O3. The zero-order chi connectivity index (χ0) is 14.4. The molecule has 0 bridgehead atoms. The van der Waals surface area contributed by atoms with Crippen LogP contribution in [0.25, 0.3) is 0 Å². The first-order valence-corrected chi connectivity index (χ1v) is 6.50. The Labute approximate surface area is 114 Å². The van der Waals surface area contributed by atoms with E-state index in [0.717, 1.165) is 6.54 Å². The number of pyridine rings is 1. The molecule has 0 fully saturated rings. The van der Waals surface area contributed by atoms with Crippen LogP contribution >= 0.6 is 0 Å². The first-order chi connectivity index (χ1) is 8.93. The lowest BCUT2D eigenvalue weighted by Gasteiger charge is -2.30. The molecule has 0 saturated carbocycles. The van der Waals surface area contributed by atoms with Gasteiger partial charge in [0.25, 0.3) is 0 Å². The highest BCUT2D eigenvalue weighted by Crippen LogP contribution is 2.15. The Morgan fingerprint density at radius 1 is 1.37 bits per heavy atom. The Hall–Kier alpha value is -1.62. The summed E-state index contributed by atoms with van der Waals surface area (Å²) in [7, 11) is 0. The third-order valence-corrected chi connectivity index (χ3v) is 2.91. The number of carbonyl (C=O) groups is 1. The van der Waals surface area contributed by atoms with Crippen LogP contribution in [-0.4, -0.2) is 46.2 Å². The van der Waals surface area contributed by atoms with Crippen LogP contribution < -0.4 is 4.74 Å². The van der Waals surface area contributed by atoms with Crippen LogP contribution in [-0.2, 0) is 0 Å². The van der Waals surface area contributed by atoms with Gasteiger partial charge in [0, 0.05) is 24.8 Å². The second kappa shape index (κ2) is 7.09. The third kappa shape index (κ3) is 4.52. The topological polar surface area (TPSA) is 62.7 Å². The molecule has 5 nitrogen and oxygen atoms in total. The molecule has 0 radical (unpaired) electrons. The van der Waals surface area contributed by atoms with Crippen molar-refractivity contribution in [2.45, 2.75) is 39.8 Å². The first kappa shape index (κ1) is 15.4. The molecule has 0 spiro atoms. The van der Waals surface area contributed by atoms with Crippen molar-refractivity contribution in [3.8, 4) is 5.75 Å². The van der Waals surface area contributed by atoms with E-state index in [1.165, 1.54) is 6.20 Å². The van der Waals surface area contributed by atoms with Crippen molar-refractivity contribution in [3.05, 3.63) is 24.0 Å². The standard InChI is InChI=1S/C14H22N2O3/c1-10(2)16(11(3)4)8-9-19-12-6-5-7-15-13(12)14(17)18/h5-7,10-11H,8-9H2,1-4H3,(H,17,18). The SMILES string of the molecule is CC(C)N(CCOc1cccnc1C(=O)O)C(C)C. The molecule has 0 atom stereocenters. The van der Waals surface area contributed by atoms with Gasteiger partial charge < -0.3 is 9.84 Å². The lowest BCUT2D eigenvalue weighted by atomic mass is 10.2. The van der Waals surface area contributed by atoms with Gasteiger partial charge in [-0.2, -0.15) is 0 Å². The maximum Gasteiger partial charge on any atom is 0.358 e. The van der Waals surface area contributed by atoms with Crippen molar-refractivity contribution in [1.82, 2.24) is 9.88 Å². The zero-order valence-corrected chi connectivity index (χ0v) is 12.0. The van der Waals surface area contributed by atoms with E-state index in [9.17, 15) is 4.79 Å². The number of aromatic nitrogens is 1. The zero-order valence-electron chi connectivity index (χ0n) is 12.0. The molecule has 1 heterocycles. The van der Waals surface area contributed by atoms with E-state index in [0.29, 0.717) is 24.4 Å². The third-order valence-electron chi connectivity index (χ3n) is 2.91. The number of rotatable bonds is 7.